The zero-order chi connectivity index (χ0) is 27.0. The Labute approximate surface area is 203 Å². The summed E-state index contributed by atoms with van der Waals surface area (Å²) in [5, 5.41) is 11.3. The van der Waals surface area contributed by atoms with Crippen molar-refractivity contribution in [3.05, 3.63) is 75.6 Å². The van der Waals surface area contributed by atoms with Crippen LogP contribution in [0.1, 0.15) is 17.4 Å². The molecule has 0 bridgehead atoms. The number of fused-ring (bicyclic) bond motifs is 1. The Hall–Kier alpha value is -4.87. The van der Waals surface area contributed by atoms with Crippen LogP contribution in [0.5, 0.6) is 0 Å². The van der Waals surface area contributed by atoms with Crippen molar-refractivity contribution in [2.45, 2.75) is 18.6 Å². The number of hydrogen-bond acceptors (Lipinski definition) is 8. The lowest BCUT2D eigenvalue weighted by Crippen LogP contribution is -2.35. The first-order chi connectivity index (χ1) is 17.5. The molecule has 0 amide bonds. The van der Waals surface area contributed by atoms with Gasteiger partial charge >= 0.3 is 0 Å². The molecular weight excluding hydrogens is 506 g/mol. The largest absolute Gasteiger partial charge is 0.382 e. The van der Waals surface area contributed by atoms with Gasteiger partial charge in [0.15, 0.2) is 12.0 Å². The van der Waals surface area contributed by atoms with Crippen LogP contribution in [0, 0.1) is 28.8 Å². The second-order valence-corrected chi connectivity index (χ2v) is 7.60. The molecule has 0 aliphatic carbocycles. The van der Waals surface area contributed by atoms with Gasteiger partial charge in [-0.05, 0) is 30.3 Å². The molecule has 5 N–H and O–H groups in total. The molecule has 0 aliphatic rings. The average molecular weight is 520 g/mol. The molecule has 15 heteroatoms. The lowest BCUT2D eigenvalue weighted by molar-refractivity contribution is 0.0373. The maximum atomic E-state index is 15.1. The molecule has 190 valence electrons. The average Bonchev–Trinajstić information content (AvgIpc) is 2.81. The Kier molecular flexibility index (Phi) is 6.58. The molecule has 2 aromatic carbocycles. The first-order valence-corrected chi connectivity index (χ1v) is 10.2. The van der Waals surface area contributed by atoms with E-state index in [0.717, 1.165) is 18.2 Å². The summed E-state index contributed by atoms with van der Waals surface area (Å²) < 4.78 is 84.9. The van der Waals surface area contributed by atoms with Gasteiger partial charge in [-0.2, -0.15) is 15.2 Å². The van der Waals surface area contributed by atoms with Crippen molar-refractivity contribution >= 4 is 28.5 Å². The third-order valence-corrected chi connectivity index (χ3v) is 5.16. The van der Waals surface area contributed by atoms with E-state index in [1.165, 1.54) is 0 Å². The van der Waals surface area contributed by atoms with E-state index < -0.39 is 81.7 Å². The Balaban J connectivity index is 2.07. The van der Waals surface area contributed by atoms with E-state index in [4.69, 9.17) is 11.5 Å². The summed E-state index contributed by atoms with van der Waals surface area (Å²) in [6, 6.07) is 3.85. The van der Waals surface area contributed by atoms with Crippen molar-refractivity contribution in [3.63, 3.8) is 0 Å². The van der Waals surface area contributed by atoms with Crippen LogP contribution in [0.2, 0.25) is 0 Å². The molecule has 4 rings (SSSR count). The molecule has 0 saturated carbocycles. The van der Waals surface area contributed by atoms with E-state index in [1.807, 2.05) is 0 Å². The topological polar surface area (TPSA) is 149 Å². The Morgan fingerprint density at radius 1 is 0.946 bits per heavy atom. The number of nitriles is 1. The van der Waals surface area contributed by atoms with Crippen LogP contribution >= 0.6 is 0 Å². The van der Waals surface area contributed by atoms with Crippen LogP contribution in [-0.2, 0) is 0 Å². The van der Waals surface area contributed by atoms with E-state index in [0.29, 0.717) is 22.8 Å². The van der Waals surface area contributed by atoms with Gasteiger partial charge in [-0.3, -0.25) is 9.36 Å². The first kappa shape index (κ1) is 25.2. The number of nitrogens with one attached hydrogen (secondary N) is 1. The van der Waals surface area contributed by atoms with Crippen molar-refractivity contribution < 1.29 is 26.3 Å². The maximum absolute atomic E-state index is 15.1. The van der Waals surface area contributed by atoms with Crippen LogP contribution in [0.25, 0.3) is 16.6 Å². The second kappa shape index (κ2) is 9.64. The molecule has 0 spiro atoms. The summed E-state index contributed by atoms with van der Waals surface area (Å²) in [6.45, 7) is 0. The van der Waals surface area contributed by atoms with Crippen molar-refractivity contribution in [3.8, 4) is 11.8 Å². The van der Waals surface area contributed by atoms with Crippen molar-refractivity contribution in [2.24, 2.45) is 0 Å². The predicted octanol–water partition coefficient (Wildman–Crippen LogP) is 3.39. The number of rotatable bonds is 6. The number of nitrogens with zero attached hydrogens (tertiary/aromatic N) is 5. The molecule has 0 radical (unpaired) electrons. The molecule has 4 aromatic rings. The molecule has 2 heterocycles. The van der Waals surface area contributed by atoms with Gasteiger partial charge in [-0.1, -0.05) is 0 Å². The maximum Gasteiger partial charge on any atom is 0.271 e. The highest BCUT2D eigenvalue weighted by Crippen LogP contribution is 2.31. The summed E-state index contributed by atoms with van der Waals surface area (Å²) >= 11 is 0. The van der Waals surface area contributed by atoms with E-state index in [2.05, 4.69) is 20.3 Å². The highest BCUT2D eigenvalue weighted by atomic mass is 19.3. The number of alkyl halides is 3. The van der Waals surface area contributed by atoms with Crippen LogP contribution in [0.3, 0.4) is 0 Å². The standard InChI is InChI=1S/C22H14F6N8O/c23-8-1-2-14-12(6-8)21(37)36(11-4-9(24)3-10(25)5-11)20(32-14)16(15(26)17(27)28)33-19-13(7-29)18(30)34-22(31)35-19/h1-6,15-17H,(H5,30,31,33,34,35). The van der Waals surface area contributed by atoms with Gasteiger partial charge < -0.3 is 16.8 Å². The quantitative estimate of drug-likeness (QED) is 0.328. The molecule has 0 aliphatic heterocycles. The SMILES string of the molecule is N#Cc1c(N)nc(N)nc1NC(c1nc2ccc(F)cc2c(=O)n1-c1cc(F)cc(F)c1)C(F)C(F)F. The number of halogens is 6. The summed E-state index contributed by atoms with van der Waals surface area (Å²) in [6.07, 6.45) is -6.81. The summed E-state index contributed by atoms with van der Waals surface area (Å²) in [5.74, 6) is -5.54. The van der Waals surface area contributed by atoms with Crippen LogP contribution < -0.4 is 22.3 Å². The van der Waals surface area contributed by atoms with Crippen molar-refractivity contribution in [1.82, 2.24) is 19.5 Å². The number of nitrogen functional groups attached to an aromatic ring is 2. The fourth-order valence-electron chi connectivity index (χ4n) is 3.59. The van der Waals surface area contributed by atoms with Gasteiger partial charge in [0, 0.05) is 6.07 Å². The minimum absolute atomic E-state index is 0.245. The molecule has 37 heavy (non-hydrogen) atoms. The van der Waals surface area contributed by atoms with Gasteiger partial charge in [0.25, 0.3) is 12.0 Å². The molecular formula is C22H14F6N8O. The number of hydrogen-bond donors (Lipinski definition) is 3. The summed E-state index contributed by atoms with van der Waals surface area (Å²) in [5.41, 5.74) is 8.69. The van der Waals surface area contributed by atoms with Gasteiger partial charge in [-0.25, -0.2) is 31.3 Å². The van der Waals surface area contributed by atoms with Gasteiger partial charge in [0.2, 0.25) is 5.95 Å². The van der Waals surface area contributed by atoms with Crippen LogP contribution in [-0.4, -0.2) is 32.1 Å². The molecule has 0 saturated heterocycles. The molecule has 0 fully saturated rings. The van der Waals surface area contributed by atoms with Crippen LogP contribution in [0.15, 0.2) is 41.2 Å². The summed E-state index contributed by atoms with van der Waals surface area (Å²) in [7, 11) is 0. The van der Waals surface area contributed by atoms with Crippen LogP contribution in [0.4, 0.5) is 43.9 Å². The zero-order valence-corrected chi connectivity index (χ0v) is 18.3. The number of benzene rings is 2. The number of nitrogens with two attached hydrogens (primary N) is 2. The smallest absolute Gasteiger partial charge is 0.271 e. The molecule has 2 aromatic heterocycles. The van der Waals surface area contributed by atoms with E-state index in [-0.39, 0.29) is 5.52 Å². The normalized spacial score (nSPS) is 12.9. The molecule has 2 atom stereocenters. The summed E-state index contributed by atoms with van der Waals surface area (Å²) in [4.78, 5) is 24.7. The third kappa shape index (κ3) is 4.81. The van der Waals surface area contributed by atoms with Crippen molar-refractivity contribution in [1.29, 1.82) is 5.26 Å². The third-order valence-electron chi connectivity index (χ3n) is 5.16. The monoisotopic (exact) mass is 520 g/mol. The van der Waals surface area contributed by atoms with Crippen molar-refractivity contribution in [2.75, 3.05) is 16.8 Å². The highest BCUT2D eigenvalue weighted by Gasteiger charge is 2.36. The fourth-order valence-corrected chi connectivity index (χ4v) is 3.59. The predicted molar refractivity (Wildman–Crippen MR) is 120 cm³/mol. The lowest BCUT2D eigenvalue weighted by Gasteiger charge is -2.26. The van der Waals surface area contributed by atoms with E-state index in [9.17, 15) is 32.0 Å². The van der Waals surface area contributed by atoms with E-state index >= 15 is 4.39 Å². The van der Waals surface area contributed by atoms with Gasteiger partial charge in [-0.15, -0.1) is 0 Å². The number of anilines is 3. The Bertz CT molecular complexity index is 1600. The first-order valence-electron chi connectivity index (χ1n) is 10.2. The Morgan fingerprint density at radius 3 is 2.24 bits per heavy atom. The minimum Gasteiger partial charge on any atom is -0.382 e. The number of aromatic nitrogens is 4. The minimum atomic E-state index is -3.68. The second-order valence-electron chi connectivity index (χ2n) is 7.60. The van der Waals surface area contributed by atoms with E-state index in [1.54, 1.807) is 6.07 Å². The molecule has 9 nitrogen and oxygen atoms in total. The zero-order valence-electron chi connectivity index (χ0n) is 18.3. The lowest BCUT2D eigenvalue weighted by atomic mass is 10.1. The molecule has 2 unspecified atom stereocenters. The van der Waals surface area contributed by atoms with Gasteiger partial charge in [0.05, 0.1) is 16.6 Å². The van der Waals surface area contributed by atoms with Gasteiger partial charge in [0.1, 0.15) is 46.8 Å². The highest BCUT2D eigenvalue weighted by molar-refractivity contribution is 5.78. The Morgan fingerprint density at radius 2 is 1.62 bits per heavy atom. The fraction of sp³-hybridized carbons (Fsp3) is 0.136.